The number of benzene rings is 4. The van der Waals surface area contributed by atoms with Crippen LogP contribution in [0.3, 0.4) is 0 Å². The van der Waals surface area contributed by atoms with Gasteiger partial charge in [0.25, 0.3) is 11.4 Å². The van der Waals surface area contributed by atoms with Gasteiger partial charge in [0.05, 0.1) is 34.2 Å². The van der Waals surface area contributed by atoms with Crippen molar-refractivity contribution in [2.24, 2.45) is 0 Å². The van der Waals surface area contributed by atoms with Gasteiger partial charge in [-0.1, -0.05) is 66.7 Å². The number of nitrogens with one attached hydrogen (secondary N) is 1. The van der Waals surface area contributed by atoms with E-state index in [4.69, 9.17) is 9.05 Å². The molecule has 40 heavy (non-hydrogen) atoms. The molecule has 0 aliphatic heterocycles. The van der Waals surface area contributed by atoms with Gasteiger partial charge in [-0.25, -0.2) is 4.39 Å². The average molecular weight is 565 g/mol. The molecule has 0 unspecified atom stereocenters. The Kier molecular flexibility index (Phi) is 9.47. The maximum absolute atomic E-state index is 14.6. The van der Waals surface area contributed by atoms with Crippen LogP contribution < -0.4 is 5.32 Å². The van der Waals surface area contributed by atoms with Gasteiger partial charge in [-0.3, -0.25) is 30.1 Å². The Hall–Kier alpha value is -4.28. The summed E-state index contributed by atoms with van der Waals surface area (Å²) in [4.78, 5) is 21.9. The van der Waals surface area contributed by atoms with Gasteiger partial charge in [0.2, 0.25) is 0 Å². The maximum Gasteiger partial charge on any atom is 0.352 e. The van der Waals surface area contributed by atoms with Crippen LogP contribution >= 0.6 is 7.60 Å². The average Bonchev–Trinajstić information content (AvgIpc) is 2.97. The normalized spacial score (nSPS) is 12.1. The zero-order chi connectivity index (χ0) is 28.5. The molecule has 0 saturated heterocycles. The minimum absolute atomic E-state index is 0.155. The minimum Gasteiger partial charge on any atom is -0.302 e. The summed E-state index contributed by atoms with van der Waals surface area (Å²) < 4.78 is 40.1. The fraction of sp³-hybridized carbons (Fsp3) is 0.143. The SMILES string of the molecule is O=[N+]([O-])c1ccccc1COP(=O)(OCc1ccccc1[N+](=O)[O-])[C@@H](NCc1ccccc1)c1ccc(F)cc1. The van der Waals surface area contributed by atoms with Gasteiger partial charge < -0.3 is 9.05 Å². The summed E-state index contributed by atoms with van der Waals surface area (Å²) in [5, 5.41) is 26.2. The van der Waals surface area contributed by atoms with Crippen LogP contribution in [-0.4, -0.2) is 9.85 Å². The molecule has 0 aliphatic carbocycles. The van der Waals surface area contributed by atoms with Crippen molar-refractivity contribution in [1.29, 1.82) is 0 Å². The third-order valence-corrected chi connectivity index (χ3v) is 8.11. The first-order valence-electron chi connectivity index (χ1n) is 12.1. The van der Waals surface area contributed by atoms with Gasteiger partial charge in [0.1, 0.15) is 11.6 Å². The van der Waals surface area contributed by atoms with Crippen molar-refractivity contribution in [3.63, 3.8) is 0 Å². The largest absolute Gasteiger partial charge is 0.352 e. The lowest BCUT2D eigenvalue weighted by Gasteiger charge is -2.28. The lowest BCUT2D eigenvalue weighted by molar-refractivity contribution is -0.385. The third-order valence-electron chi connectivity index (χ3n) is 6.02. The van der Waals surface area contributed by atoms with Crippen LogP contribution in [-0.2, 0) is 33.4 Å². The lowest BCUT2D eigenvalue weighted by Crippen LogP contribution is -2.23. The Balaban J connectivity index is 1.72. The molecule has 0 radical (unpaired) electrons. The van der Waals surface area contributed by atoms with Crippen molar-refractivity contribution < 1.29 is 27.8 Å². The van der Waals surface area contributed by atoms with Crippen molar-refractivity contribution in [2.45, 2.75) is 25.5 Å². The second-order valence-electron chi connectivity index (χ2n) is 8.68. The van der Waals surface area contributed by atoms with Gasteiger partial charge in [0.15, 0.2) is 0 Å². The van der Waals surface area contributed by atoms with Crippen LogP contribution in [0.1, 0.15) is 28.0 Å². The predicted octanol–water partition coefficient (Wildman–Crippen LogP) is 7.06. The van der Waals surface area contributed by atoms with E-state index in [0.29, 0.717) is 5.56 Å². The predicted molar refractivity (Wildman–Crippen MR) is 146 cm³/mol. The Labute approximate surface area is 229 Å². The van der Waals surface area contributed by atoms with Crippen LogP contribution in [0.15, 0.2) is 103 Å². The van der Waals surface area contributed by atoms with Gasteiger partial charge in [0, 0.05) is 18.7 Å². The summed E-state index contributed by atoms with van der Waals surface area (Å²) >= 11 is 0. The van der Waals surface area contributed by atoms with E-state index in [2.05, 4.69) is 5.32 Å². The molecule has 0 heterocycles. The number of hydrogen-bond acceptors (Lipinski definition) is 8. The van der Waals surface area contributed by atoms with Crippen LogP contribution in [0.4, 0.5) is 15.8 Å². The first kappa shape index (κ1) is 28.7. The highest BCUT2D eigenvalue weighted by atomic mass is 31.2. The van der Waals surface area contributed by atoms with Crippen molar-refractivity contribution in [3.8, 4) is 0 Å². The molecule has 4 aromatic carbocycles. The van der Waals surface area contributed by atoms with Crippen molar-refractivity contribution >= 4 is 19.0 Å². The molecule has 0 aliphatic rings. The molecule has 1 N–H and O–H groups in total. The van der Waals surface area contributed by atoms with E-state index in [9.17, 15) is 29.2 Å². The van der Waals surface area contributed by atoms with Gasteiger partial charge in [-0.15, -0.1) is 0 Å². The van der Waals surface area contributed by atoms with Gasteiger partial charge >= 0.3 is 7.60 Å². The molecule has 0 fully saturated rings. The third kappa shape index (κ3) is 7.22. The van der Waals surface area contributed by atoms with E-state index in [0.717, 1.165) is 5.56 Å². The Bertz CT molecular complexity index is 1450. The van der Waals surface area contributed by atoms with E-state index in [1.165, 1.54) is 60.7 Å². The summed E-state index contributed by atoms with van der Waals surface area (Å²) in [6, 6.07) is 26.1. The Morgan fingerprint density at radius 3 is 1.70 bits per heavy atom. The molecule has 1 atom stereocenters. The van der Waals surface area contributed by atoms with Crippen LogP contribution in [0.25, 0.3) is 0 Å². The van der Waals surface area contributed by atoms with E-state index in [1.54, 1.807) is 12.1 Å². The zero-order valence-corrected chi connectivity index (χ0v) is 22.0. The Morgan fingerprint density at radius 1 is 0.725 bits per heavy atom. The van der Waals surface area contributed by atoms with E-state index < -0.39 is 42.3 Å². The summed E-state index contributed by atoms with van der Waals surface area (Å²) in [6.07, 6.45) is 0. The molecular formula is C28H25FN3O7P. The van der Waals surface area contributed by atoms with Crippen molar-refractivity contribution in [3.05, 3.63) is 151 Å². The summed E-state index contributed by atoms with van der Waals surface area (Å²) in [7, 11) is -4.31. The van der Waals surface area contributed by atoms with E-state index >= 15 is 0 Å². The fourth-order valence-electron chi connectivity index (χ4n) is 4.00. The summed E-state index contributed by atoms with van der Waals surface area (Å²) in [5.74, 6) is -1.67. The first-order valence-corrected chi connectivity index (χ1v) is 13.7. The first-order chi connectivity index (χ1) is 19.3. The number of nitro benzene ring substituents is 2. The van der Waals surface area contributed by atoms with Crippen LogP contribution in [0.5, 0.6) is 0 Å². The van der Waals surface area contributed by atoms with Gasteiger partial charge in [-0.2, -0.15) is 0 Å². The number of nitrogens with zero attached hydrogens (tertiary/aromatic N) is 2. The second-order valence-corrected chi connectivity index (χ2v) is 10.8. The number of rotatable bonds is 13. The molecule has 4 aromatic rings. The molecule has 10 nitrogen and oxygen atoms in total. The standard InChI is InChI=1S/C28H25FN3O7P/c29-25-16-14-22(15-17-25)28(30-18-21-8-2-1-3-9-21)40(37,38-19-23-10-4-6-12-26(23)31(33)34)39-20-24-11-5-7-13-27(24)32(35)36/h1-17,28,30H,18-20H2/t28-/m1/s1. The molecule has 0 aromatic heterocycles. The molecule has 0 bridgehead atoms. The van der Waals surface area contributed by atoms with E-state index in [1.807, 2.05) is 30.3 Å². The monoisotopic (exact) mass is 565 g/mol. The van der Waals surface area contributed by atoms with Crippen molar-refractivity contribution in [2.75, 3.05) is 0 Å². The number of nitro groups is 2. The second kappa shape index (κ2) is 13.2. The maximum atomic E-state index is 14.6. The lowest BCUT2D eigenvalue weighted by atomic mass is 10.2. The fourth-order valence-corrected chi connectivity index (χ4v) is 5.86. The molecule has 0 spiro atoms. The highest BCUT2D eigenvalue weighted by Crippen LogP contribution is 2.61. The smallest absolute Gasteiger partial charge is 0.302 e. The number of para-hydroxylation sites is 2. The highest BCUT2D eigenvalue weighted by Gasteiger charge is 2.38. The Morgan fingerprint density at radius 2 is 1.20 bits per heavy atom. The van der Waals surface area contributed by atoms with Crippen LogP contribution in [0.2, 0.25) is 0 Å². The van der Waals surface area contributed by atoms with Crippen LogP contribution in [0, 0.1) is 26.0 Å². The van der Waals surface area contributed by atoms with Gasteiger partial charge in [-0.05, 0) is 35.4 Å². The number of halogens is 1. The molecule has 0 amide bonds. The van der Waals surface area contributed by atoms with Crippen molar-refractivity contribution in [1.82, 2.24) is 5.32 Å². The quantitative estimate of drug-likeness (QED) is 0.103. The summed E-state index contributed by atoms with van der Waals surface area (Å²) in [6.45, 7) is -0.678. The summed E-state index contributed by atoms with van der Waals surface area (Å²) in [5.41, 5.74) is 1.06. The highest BCUT2D eigenvalue weighted by molar-refractivity contribution is 7.54. The minimum atomic E-state index is -4.31. The molecule has 206 valence electrons. The molecule has 4 rings (SSSR count). The topological polar surface area (TPSA) is 134 Å². The molecular weight excluding hydrogens is 540 g/mol. The molecule has 0 saturated carbocycles. The van der Waals surface area contributed by atoms with E-state index in [-0.39, 0.29) is 29.0 Å². The number of hydrogen-bond donors (Lipinski definition) is 1. The zero-order valence-electron chi connectivity index (χ0n) is 21.1. The molecule has 12 heteroatoms.